The minimum absolute atomic E-state index is 0.992. The van der Waals surface area contributed by atoms with E-state index in [4.69, 9.17) is 0 Å². The summed E-state index contributed by atoms with van der Waals surface area (Å²) in [5.41, 5.74) is 2.64. The SMILES string of the molecule is C[n+]1c(Cc2sc3ccccc3[n+]2C)sc2ccccc21. The zero-order valence-corrected chi connectivity index (χ0v) is 13.7. The number of rotatable bonds is 2. The normalized spacial score (nSPS) is 11.5. The van der Waals surface area contributed by atoms with Gasteiger partial charge in [-0.05, 0) is 12.1 Å². The maximum atomic E-state index is 2.32. The van der Waals surface area contributed by atoms with Crippen LogP contribution in [0.3, 0.4) is 0 Å². The summed E-state index contributed by atoms with van der Waals surface area (Å²) < 4.78 is 7.37. The summed E-state index contributed by atoms with van der Waals surface area (Å²) in [5, 5.41) is 2.80. The number of aryl methyl sites for hydroxylation is 2. The van der Waals surface area contributed by atoms with Crippen LogP contribution in [0.1, 0.15) is 10.0 Å². The Morgan fingerprint density at radius 3 is 1.57 bits per heavy atom. The molecule has 2 aromatic heterocycles. The van der Waals surface area contributed by atoms with Gasteiger partial charge in [-0.25, -0.2) is 0 Å². The van der Waals surface area contributed by atoms with Crippen molar-refractivity contribution < 1.29 is 9.13 Å². The molecule has 104 valence electrons. The highest BCUT2D eigenvalue weighted by molar-refractivity contribution is 7.19. The van der Waals surface area contributed by atoms with Crippen molar-refractivity contribution in [2.45, 2.75) is 6.42 Å². The molecule has 0 saturated heterocycles. The van der Waals surface area contributed by atoms with E-state index in [-0.39, 0.29) is 0 Å². The van der Waals surface area contributed by atoms with Gasteiger partial charge in [0, 0.05) is 12.1 Å². The first-order chi connectivity index (χ1) is 10.2. The molecule has 2 aromatic carbocycles. The molecule has 0 atom stereocenters. The number of aromatic nitrogens is 2. The molecule has 0 aliphatic rings. The minimum atomic E-state index is 0.992. The third-order valence-electron chi connectivity index (χ3n) is 3.96. The second kappa shape index (κ2) is 4.90. The third kappa shape index (κ3) is 2.06. The van der Waals surface area contributed by atoms with Crippen molar-refractivity contribution >= 4 is 43.1 Å². The summed E-state index contributed by atoms with van der Waals surface area (Å²) in [6.45, 7) is 0. The Bertz CT molecular complexity index is 872. The van der Waals surface area contributed by atoms with Crippen molar-refractivity contribution in [3.05, 3.63) is 58.5 Å². The van der Waals surface area contributed by atoms with Gasteiger partial charge < -0.3 is 0 Å². The topological polar surface area (TPSA) is 7.76 Å². The Balaban J connectivity index is 1.83. The van der Waals surface area contributed by atoms with E-state index >= 15 is 0 Å². The molecular weight excluding hydrogens is 296 g/mol. The molecule has 0 spiro atoms. The lowest BCUT2D eigenvalue weighted by Crippen LogP contribution is -2.35. The van der Waals surface area contributed by atoms with Crippen molar-refractivity contribution in [1.29, 1.82) is 0 Å². The van der Waals surface area contributed by atoms with E-state index < -0.39 is 0 Å². The maximum absolute atomic E-state index is 2.32. The lowest BCUT2D eigenvalue weighted by atomic mass is 10.3. The number of thiazole rings is 2. The number of nitrogens with zero attached hydrogens (tertiary/aromatic N) is 2. The molecule has 4 rings (SSSR count). The second-order valence-electron chi connectivity index (χ2n) is 5.22. The molecule has 0 bridgehead atoms. The predicted molar refractivity (Wildman–Crippen MR) is 88.8 cm³/mol. The lowest BCUT2D eigenvalue weighted by Gasteiger charge is -1.90. The van der Waals surface area contributed by atoms with Crippen molar-refractivity contribution in [3.63, 3.8) is 0 Å². The van der Waals surface area contributed by atoms with Gasteiger partial charge in [-0.15, -0.1) is 0 Å². The first kappa shape index (κ1) is 12.9. The third-order valence-corrected chi connectivity index (χ3v) is 6.40. The summed E-state index contributed by atoms with van der Waals surface area (Å²) in [5.74, 6) is 0. The van der Waals surface area contributed by atoms with E-state index in [1.54, 1.807) is 0 Å². The van der Waals surface area contributed by atoms with Crippen molar-refractivity contribution in [2.75, 3.05) is 0 Å². The van der Waals surface area contributed by atoms with E-state index in [0.717, 1.165) is 6.42 Å². The van der Waals surface area contributed by atoms with Gasteiger partial charge in [-0.3, -0.25) is 0 Å². The maximum Gasteiger partial charge on any atom is 0.249 e. The Kier molecular flexibility index (Phi) is 3.01. The van der Waals surface area contributed by atoms with Crippen LogP contribution in [-0.2, 0) is 20.5 Å². The fourth-order valence-electron chi connectivity index (χ4n) is 2.74. The van der Waals surface area contributed by atoms with Crippen molar-refractivity contribution in [2.24, 2.45) is 14.1 Å². The molecule has 0 fully saturated rings. The van der Waals surface area contributed by atoms with Gasteiger partial charge in [0.05, 0.1) is 0 Å². The molecule has 0 N–H and O–H groups in total. The number of para-hydroxylation sites is 2. The number of benzene rings is 2. The zero-order valence-electron chi connectivity index (χ0n) is 12.0. The van der Waals surface area contributed by atoms with Gasteiger partial charge in [0.2, 0.25) is 21.0 Å². The fourth-order valence-corrected chi connectivity index (χ4v) is 5.14. The van der Waals surface area contributed by atoms with Crippen LogP contribution in [0.25, 0.3) is 20.4 Å². The van der Waals surface area contributed by atoms with Gasteiger partial charge in [0.1, 0.15) is 29.9 Å². The molecule has 0 amide bonds. The molecule has 4 aromatic rings. The summed E-state index contributed by atoms with van der Waals surface area (Å²) in [6, 6.07) is 17.2. The van der Waals surface area contributed by atoms with Gasteiger partial charge >= 0.3 is 0 Å². The van der Waals surface area contributed by atoms with E-state index in [1.807, 2.05) is 22.7 Å². The standard InChI is InChI=1S/C17H16N2S2/c1-18-12-7-3-5-9-14(12)20-16(18)11-17-19(2)13-8-4-6-10-15(13)21-17/h3-10H,11H2,1-2H3/q+2. The molecule has 0 saturated carbocycles. The summed E-state index contributed by atoms with van der Waals surface area (Å²) in [4.78, 5) is 0. The number of fused-ring (bicyclic) bond motifs is 2. The number of hydrogen-bond donors (Lipinski definition) is 0. The van der Waals surface area contributed by atoms with Crippen LogP contribution in [-0.4, -0.2) is 0 Å². The van der Waals surface area contributed by atoms with E-state index in [1.165, 1.54) is 30.4 Å². The first-order valence-electron chi connectivity index (χ1n) is 6.97. The van der Waals surface area contributed by atoms with Gasteiger partial charge in [-0.1, -0.05) is 46.9 Å². The largest absolute Gasteiger partial charge is 0.249 e. The van der Waals surface area contributed by atoms with Crippen LogP contribution in [0.5, 0.6) is 0 Å². The van der Waals surface area contributed by atoms with Crippen LogP contribution in [0.15, 0.2) is 48.5 Å². The first-order valence-corrected chi connectivity index (χ1v) is 8.60. The average molecular weight is 312 g/mol. The number of hydrogen-bond acceptors (Lipinski definition) is 2. The van der Waals surface area contributed by atoms with Crippen LogP contribution in [0, 0.1) is 0 Å². The molecule has 2 heterocycles. The Morgan fingerprint density at radius 2 is 1.14 bits per heavy atom. The van der Waals surface area contributed by atoms with Crippen LogP contribution >= 0.6 is 22.7 Å². The monoisotopic (exact) mass is 312 g/mol. The predicted octanol–water partition coefficient (Wildman–Crippen LogP) is 3.36. The van der Waals surface area contributed by atoms with E-state index in [9.17, 15) is 0 Å². The van der Waals surface area contributed by atoms with E-state index in [2.05, 4.69) is 71.8 Å². The van der Waals surface area contributed by atoms with Crippen LogP contribution < -0.4 is 9.13 Å². The summed E-state index contributed by atoms with van der Waals surface area (Å²) in [6.07, 6.45) is 0.992. The highest BCUT2D eigenvalue weighted by Crippen LogP contribution is 2.25. The molecule has 4 heteroatoms. The lowest BCUT2D eigenvalue weighted by molar-refractivity contribution is -0.659. The molecule has 2 nitrogen and oxygen atoms in total. The Morgan fingerprint density at radius 1 is 0.714 bits per heavy atom. The second-order valence-corrected chi connectivity index (χ2v) is 7.45. The molecule has 0 aliphatic heterocycles. The average Bonchev–Trinajstić information content (AvgIpc) is 2.99. The van der Waals surface area contributed by atoms with Crippen molar-refractivity contribution in [1.82, 2.24) is 0 Å². The molecule has 21 heavy (non-hydrogen) atoms. The smallest absolute Gasteiger partial charge is 0.188 e. The molecule has 0 aliphatic carbocycles. The van der Waals surface area contributed by atoms with Crippen molar-refractivity contribution in [3.8, 4) is 0 Å². The van der Waals surface area contributed by atoms with Gasteiger partial charge in [0.15, 0.2) is 0 Å². The van der Waals surface area contributed by atoms with Gasteiger partial charge in [0.25, 0.3) is 0 Å². The highest BCUT2D eigenvalue weighted by atomic mass is 32.1. The minimum Gasteiger partial charge on any atom is -0.188 e. The zero-order chi connectivity index (χ0) is 14.4. The highest BCUT2D eigenvalue weighted by Gasteiger charge is 2.23. The molecular formula is C17H16N2S2+2. The van der Waals surface area contributed by atoms with Crippen LogP contribution in [0.4, 0.5) is 0 Å². The van der Waals surface area contributed by atoms with Crippen LogP contribution in [0.2, 0.25) is 0 Å². The summed E-state index contributed by atoms with van der Waals surface area (Å²) in [7, 11) is 4.34. The Labute approximate surface area is 131 Å². The fraction of sp³-hybridized carbons (Fsp3) is 0.176. The van der Waals surface area contributed by atoms with Gasteiger partial charge in [-0.2, -0.15) is 9.13 Å². The Hall–Kier alpha value is -1.78. The van der Waals surface area contributed by atoms with E-state index in [0.29, 0.717) is 0 Å². The molecule has 0 unspecified atom stereocenters. The molecule has 0 radical (unpaired) electrons. The summed E-state index contributed by atoms with van der Waals surface area (Å²) >= 11 is 3.79. The quantitative estimate of drug-likeness (QED) is 0.502.